The normalized spacial score (nSPS) is 14.9. The first kappa shape index (κ1) is 22.1. The molecule has 0 spiro atoms. The number of esters is 1. The van der Waals surface area contributed by atoms with Gasteiger partial charge in [-0.3, -0.25) is 4.79 Å². The van der Waals surface area contributed by atoms with Crippen LogP contribution in [0.2, 0.25) is 0 Å². The number of imidazole rings is 1. The van der Waals surface area contributed by atoms with E-state index in [4.69, 9.17) is 14.5 Å². The van der Waals surface area contributed by atoms with Crippen molar-refractivity contribution in [2.45, 2.75) is 59.3 Å². The highest BCUT2D eigenvalue weighted by molar-refractivity contribution is 5.71. The lowest BCUT2D eigenvalue weighted by Crippen LogP contribution is -2.08. The average molecular weight is 433 g/mol. The van der Waals surface area contributed by atoms with E-state index in [1.165, 1.54) is 22.3 Å². The van der Waals surface area contributed by atoms with Crippen molar-refractivity contribution < 1.29 is 14.3 Å². The minimum atomic E-state index is -0.111. The summed E-state index contributed by atoms with van der Waals surface area (Å²) in [7, 11) is 0. The zero-order valence-corrected chi connectivity index (χ0v) is 19.5. The van der Waals surface area contributed by atoms with E-state index >= 15 is 0 Å². The Labute approximate surface area is 190 Å². The number of hydrogen-bond acceptors (Lipinski definition) is 4. The minimum Gasteiger partial charge on any atom is -0.493 e. The molecule has 0 fully saturated rings. The van der Waals surface area contributed by atoms with Crippen molar-refractivity contribution in [2.24, 2.45) is 0 Å². The van der Waals surface area contributed by atoms with Gasteiger partial charge in [0.2, 0.25) is 0 Å². The van der Waals surface area contributed by atoms with Gasteiger partial charge in [0.05, 0.1) is 25.3 Å². The van der Waals surface area contributed by atoms with Crippen LogP contribution >= 0.6 is 0 Å². The fourth-order valence-electron chi connectivity index (χ4n) is 4.62. The molecule has 2 aromatic carbocycles. The largest absolute Gasteiger partial charge is 0.493 e. The molecule has 5 nitrogen and oxygen atoms in total. The molecule has 1 aliphatic rings. The van der Waals surface area contributed by atoms with Gasteiger partial charge in [-0.05, 0) is 75.3 Å². The van der Waals surface area contributed by atoms with Gasteiger partial charge in [-0.15, -0.1) is 0 Å². The number of H-pyrrole nitrogens is 1. The van der Waals surface area contributed by atoms with Crippen molar-refractivity contribution >= 4 is 5.97 Å². The summed E-state index contributed by atoms with van der Waals surface area (Å²) in [4.78, 5) is 20.1. The monoisotopic (exact) mass is 432 g/mol. The van der Waals surface area contributed by atoms with Crippen LogP contribution in [0.1, 0.15) is 59.3 Å². The van der Waals surface area contributed by atoms with Crippen LogP contribution < -0.4 is 4.74 Å². The van der Waals surface area contributed by atoms with Gasteiger partial charge < -0.3 is 14.5 Å². The van der Waals surface area contributed by atoms with E-state index in [1.807, 2.05) is 13.0 Å². The second-order valence-corrected chi connectivity index (χ2v) is 8.68. The molecule has 0 aliphatic heterocycles. The first-order valence-corrected chi connectivity index (χ1v) is 11.5. The molecule has 1 aromatic heterocycles. The van der Waals surface area contributed by atoms with Crippen LogP contribution in [0.15, 0.2) is 36.4 Å². The summed E-state index contributed by atoms with van der Waals surface area (Å²) in [6.45, 7) is 9.14. The molecule has 0 unspecified atom stereocenters. The molecule has 3 aromatic rings. The number of fused-ring (bicyclic) bond motifs is 1. The zero-order valence-electron chi connectivity index (χ0n) is 19.5. The Balaban J connectivity index is 1.36. The topological polar surface area (TPSA) is 64.2 Å². The highest BCUT2D eigenvalue weighted by Crippen LogP contribution is 2.37. The molecular weight excluding hydrogens is 400 g/mol. The Kier molecular flexibility index (Phi) is 6.63. The quantitative estimate of drug-likeness (QED) is 0.470. The second kappa shape index (κ2) is 9.60. The molecule has 0 radical (unpaired) electrons. The molecule has 1 atom stereocenters. The Morgan fingerprint density at radius 2 is 2.00 bits per heavy atom. The Morgan fingerprint density at radius 1 is 1.16 bits per heavy atom. The van der Waals surface area contributed by atoms with E-state index in [0.717, 1.165) is 47.8 Å². The smallest absolute Gasteiger partial charge is 0.306 e. The summed E-state index contributed by atoms with van der Waals surface area (Å²) < 4.78 is 11.2. The maximum atomic E-state index is 11.8. The molecule has 4 rings (SSSR count). The fourth-order valence-corrected chi connectivity index (χ4v) is 4.62. The molecule has 32 heavy (non-hydrogen) atoms. The zero-order chi connectivity index (χ0) is 22.7. The summed E-state index contributed by atoms with van der Waals surface area (Å²) in [5, 5.41) is 0. The van der Waals surface area contributed by atoms with Gasteiger partial charge in [0, 0.05) is 17.7 Å². The Bertz CT molecular complexity index is 1120. The maximum absolute atomic E-state index is 11.8. The first-order chi connectivity index (χ1) is 15.4. The van der Waals surface area contributed by atoms with Crippen LogP contribution in [0, 0.1) is 20.8 Å². The summed E-state index contributed by atoms with van der Waals surface area (Å²) in [5.41, 5.74) is 8.28. The third-order valence-electron chi connectivity index (χ3n) is 6.26. The van der Waals surface area contributed by atoms with Crippen molar-refractivity contribution in [3.8, 4) is 17.1 Å². The van der Waals surface area contributed by atoms with E-state index in [-0.39, 0.29) is 11.9 Å². The van der Waals surface area contributed by atoms with Crippen molar-refractivity contribution in [1.82, 2.24) is 9.97 Å². The van der Waals surface area contributed by atoms with E-state index in [1.54, 1.807) is 0 Å². The van der Waals surface area contributed by atoms with Crippen LogP contribution in [0.5, 0.6) is 5.75 Å². The molecular formula is C27H32N2O3. The van der Waals surface area contributed by atoms with Crippen molar-refractivity contribution in [3.05, 3.63) is 70.0 Å². The van der Waals surface area contributed by atoms with Crippen LogP contribution in [-0.2, 0) is 22.4 Å². The number of ether oxygens (including phenoxy) is 2. The number of carbonyl (C=O) groups excluding carboxylic acids is 1. The van der Waals surface area contributed by atoms with Crippen LogP contribution in [-0.4, -0.2) is 29.2 Å². The van der Waals surface area contributed by atoms with Gasteiger partial charge in [0.25, 0.3) is 0 Å². The first-order valence-electron chi connectivity index (χ1n) is 11.5. The van der Waals surface area contributed by atoms with Crippen LogP contribution in [0.3, 0.4) is 0 Å². The number of benzene rings is 2. The molecule has 0 saturated carbocycles. The predicted molar refractivity (Wildman–Crippen MR) is 126 cm³/mol. The van der Waals surface area contributed by atoms with E-state index in [0.29, 0.717) is 19.6 Å². The van der Waals surface area contributed by atoms with Gasteiger partial charge in [-0.2, -0.15) is 0 Å². The van der Waals surface area contributed by atoms with Gasteiger partial charge in [-0.1, -0.05) is 29.8 Å². The van der Waals surface area contributed by atoms with E-state index in [2.05, 4.69) is 56.1 Å². The lowest BCUT2D eigenvalue weighted by Gasteiger charge is -2.12. The number of aryl methyl sites for hydroxylation is 4. The molecule has 5 heteroatoms. The summed E-state index contributed by atoms with van der Waals surface area (Å²) in [6.07, 6.45) is 3.18. The van der Waals surface area contributed by atoms with Crippen LogP contribution in [0.25, 0.3) is 11.4 Å². The van der Waals surface area contributed by atoms with Gasteiger partial charge >= 0.3 is 5.97 Å². The number of hydrogen-bond donors (Lipinski definition) is 1. The Morgan fingerprint density at radius 3 is 2.78 bits per heavy atom. The van der Waals surface area contributed by atoms with Crippen LogP contribution in [0.4, 0.5) is 0 Å². The highest BCUT2D eigenvalue weighted by Gasteiger charge is 2.25. The third-order valence-corrected chi connectivity index (χ3v) is 6.26. The number of rotatable bonds is 8. The van der Waals surface area contributed by atoms with Gasteiger partial charge in [-0.25, -0.2) is 4.98 Å². The molecule has 168 valence electrons. The molecule has 1 aliphatic carbocycles. The molecule has 0 saturated heterocycles. The molecule has 0 amide bonds. The van der Waals surface area contributed by atoms with Crippen molar-refractivity contribution in [2.75, 3.05) is 13.2 Å². The van der Waals surface area contributed by atoms with Gasteiger partial charge in [0.15, 0.2) is 0 Å². The highest BCUT2D eigenvalue weighted by atomic mass is 16.5. The number of aromatic nitrogens is 2. The molecule has 0 bridgehead atoms. The SMILES string of the molecule is CCOC(=O)C[C@@H]1CCc2cc(OCCc3nc(-c4ccc(C)cc4C)[nH]c3C)ccc21. The lowest BCUT2D eigenvalue weighted by atomic mass is 9.98. The standard InChI is InChI=1S/C27H32N2O3/c1-5-31-26(30)16-21-8-7-20-15-22(9-11-24(20)21)32-13-12-25-19(4)28-27(29-25)23-10-6-17(2)14-18(23)3/h6,9-11,14-15,21H,5,7-8,12-13,16H2,1-4H3,(H,28,29)/t21-/m0/s1. The third kappa shape index (κ3) is 4.87. The summed E-state index contributed by atoms with van der Waals surface area (Å²) in [5.74, 6) is 1.94. The van der Waals surface area contributed by atoms with Crippen molar-refractivity contribution in [1.29, 1.82) is 0 Å². The second-order valence-electron chi connectivity index (χ2n) is 8.68. The van der Waals surface area contributed by atoms with Crippen molar-refractivity contribution in [3.63, 3.8) is 0 Å². The number of carbonyl (C=O) groups is 1. The predicted octanol–water partition coefficient (Wildman–Crippen LogP) is 5.61. The average Bonchev–Trinajstić information content (AvgIpc) is 3.31. The summed E-state index contributed by atoms with van der Waals surface area (Å²) >= 11 is 0. The lowest BCUT2D eigenvalue weighted by molar-refractivity contribution is -0.143. The summed E-state index contributed by atoms with van der Waals surface area (Å²) in [6, 6.07) is 12.7. The number of nitrogens with one attached hydrogen (secondary N) is 1. The number of nitrogens with zero attached hydrogens (tertiary/aromatic N) is 1. The minimum absolute atomic E-state index is 0.111. The van der Waals surface area contributed by atoms with Gasteiger partial charge in [0.1, 0.15) is 11.6 Å². The molecule has 1 heterocycles. The maximum Gasteiger partial charge on any atom is 0.306 e. The van der Waals surface area contributed by atoms with E-state index in [9.17, 15) is 4.79 Å². The fraction of sp³-hybridized carbons (Fsp3) is 0.407. The number of aromatic amines is 1. The Hall–Kier alpha value is -3.08. The molecule has 1 N–H and O–H groups in total. The van der Waals surface area contributed by atoms with E-state index < -0.39 is 0 Å².